The maximum Gasteiger partial charge on any atom is 0.193 e. The van der Waals surface area contributed by atoms with Gasteiger partial charge in [0, 0.05) is 46.0 Å². The van der Waals surface area contributed by atoms with Gasteiger partial charge in [-0.25, -0.2) is 4.98 Å². The van der Waals surface area contributed by atoms with E-state index in [1.165, 1.54) is 12.0 Å². The highest BCUT2D eigenvalue weighted by Crippen LogP contribution is 2.21. The number of hydrogen-bond donors (Lipinski definition) is 1. The van der Waals surface area contributed by atoms with Gasteiger partial charge in [-0.2, -0.15) is 0 Å². The van der Waals surface area contributed by atoms with Crippen LogP contribution in [0.15, 0.2) is 23.3 Å². The lowest BCUT2D eigenvalue weighted by Gasteiger charge is -2.37. The fraction of sp³-hybridized carbons (Fsp3) is 0.700. The molecule has 0 amide bonds. The molecular weight excluding hydrogens is 453 g/mol. The van der Waals surface area contributed by atoms with E-state index in [4.69, 9.17) is 4.74 Å². The lowest BCUT2D eigenvalue weighted by atomic mass is 9.92. The number of pyridine rings is 1. The topological polar surface area (TPSA) is 53.0 Å². The number of halogens is 1. The largest absolute Gasteiger partial charge is 0.375 e. The van der Waals surface area contributed by atoms with Crippen molar-refractivity contribution in [1.82, 2.24) is 15.2 Å². The maximum atomic E-state index is 5.61. The first-order valence-corrected chi connectivity index (χ1v) is 9.82. The van der Waals surface area contributed by atoms with Crippen LogP contribution in [0.5, 0.6) is 0 Å². The van der Waals surface area contributed by atoms with Crippen molar-refractivity contribution in [3.8, 4) is 0 Å². The average Bonchev–Trinajstić information content (AvgIpc) is 2.62. The molecule has 1 aromatic heterocycles. The summed E-state index contributed by atoms with van der Waals surface area (Å²) in [4.78, 5) is 13.8. The zero-order valence-corrected chi connectivity index (χ0v) is 19.3. The van der Waals surface area contributed by atoms with Gasteiger partial charge >= 0.3 is 0 Å². The third-order valence-electron chi connectivity index (χ3n) is 5.21. The highest BCUT2D eigenvalue weighted by Gasteiger charge is 2.24. The van der Waals surface area contributed by atoms with Gasteiger partial charge in [-0.3, -0.25) is 4.99 Å². The van der Waals surface area contributed by atoms with E-state index in [1.807, 2.05) is 13.2 Å². The predicted octanol–water partition coefficient (Wildman–Crippen LogP) is 2.98. The Kier molecular flexibility index (Phi) is 8.60. The maximum absolute atomic E-state index is 5.61. The van der Waals surface area contributed by atoms with Gasteiger partial charge in [0.15, 0.2) is 5.96 Å². The average molecular weight is 487 g/mol. The van der Waals surface area contributed by atoms with E-state index in [9.17, 15) is 0 Å². The molecule has 0 saturated carbocycles. The van der Waals surface area contributed by atoms with Crippen LogP contribution in [0.2, 0.25) is 0 Å². The summed E-state index contributed by atoms with van der Waals surface area (Å²) >= 11 is 0. The second-order valence-electron chi connectivity index (χ2n) is 7.90. The molecule has 6 nitrogen and oxygen atoms in total. The second-order valence-corrected chi connectivity index (χ2v) is 7.90. The van der Waals surface area contributed by atoms with E-state index in [1.54, 1.807) is 0 Å². The van der Waals surface area contributed by atoms with Crippen molar-refractivity contribution >= 4 is 35.8 Å². The number of rotatable bonds is 3. The molecule has 1 N–H and O–H groups in total. The molecule has 3 unspecified atom stereocenters. The molecule has 27 heavy (non-hydrogen) atoms. The van der Waals surface area contributed by atoms with Crippen molar-refractivity contribution in [2.45, 2.75) is 39.8 Å². The van der Waals surface area contributed by atoms with Crippen molar-refractivity contribution in [3.63, 3.8) is 0 Å². The van der Waals surface area contributed by atoms with Crippen LogP contribution in [0.3, 0.4) is 0 Å². The minimum atomic E-state index is 0. The SMILES string of the molecule is CN=C(NCc1ccc(N2CCOC(C)C2)nc1)N1CC(C)CC(C)C1.I. The minimum absolute atomic E-state index is 0. The predicted molar refractivity (Wildman–Crippen MR) is 122 cm³/mol. The number of anilines is 1. The summed E-state index contributed by atoms with van der Waals surface area (Å²) in [6.45, 7) is 12.3. The van der Waals surface area contributed by atoms with Crippen molar-refractivity contribution in [2.75, 3.05) is 44.7 Å². The Labute approximate surface area is 180 Å². The van der Waals surface area contributed by atoms with E-state index < -0.39 is 0 Å². The number of ether oxygens (including phenoxy) is 1. The third kappa shape index (κ3) is 6.20. The summed E-state index contributed by atoms with van der Waals surface area (Å²) < 4.78 is 5.61. The van der Waals surface area contributed by atoms with Crippen molar-refractivity contribution in [2.24, 2.45) is 16.8 Å². The fourth-order valence-corrected chi connectivity index (χ4v) is 4.08. The zero-order valence-electron chi connectivity index (χ0n) is 17.0. The number of nitrogens with one attached hydrogen (secondary N) is 1. The molecular formula is C20H34IN5O. The number of likely N-dealkylation sites (tertiary alicyclic amines) is 1. The van der Waals surface area contributed by atoms with Crippen LogP contribution < -0.4 is 10.2 Å². The molecule has 0 spiro atoms. The Morgan fingerprint density at radius 2 is 1.96 bits per heavy atom. The molecule has 152 valence electrons. The zero-order chi connectivity index (χ0) is 18.5. The number of aliphatic imine (C=N–C) groups is 1. The van der Waals surface area contributed by atoms with Crippen LogP contribution in [-0.4, -0.2) is 61.8 Å². The van der Waals surface area contributed by atoms with Gasteiger partial charge < -0.3 is 19.9 Å². The third-order valence-corrected chi connectivity index (χ3v) is 5.21. The van der Waals surface area contributed by atoms with Crippen molar-refractivity contribution in [1.29, 1.82) is 0 Å². The Morgan fingerprint density at radius 3 is 2.56 bits per heavy atom. The Balaban J connectivity index is 0.00000261. The Morgan fingerprint density at radius 1 is 1.22 bits per heavy atom. The minimum Gasteiger partial charge on any atom is -0.375 e. The summed E-state index contributed by atoms with van der Waals surface area (Å²) in [6.07, 6.45) is 3.54. The highest BCUT2D eigenvalue weighted by atomic mass is 127. The molecule has 3 atom stereocenters. The van der Waals surface area contributed by atoms with Crippen LogP contribution in [0, 0.1) is 11.8 Å². The van der Waals surface area contributed by atoms with Crippen molar-refractivity contribution in [3.05, 3.63) is 23.9 Å². The van der Waals surface area contributed by atoms with Crippen LogP contribution in [0.25, 0.3) is 0 Å². The Hall–Kier alpha value is -1.09. The molecule has 0 aromatic carbocycles. The molecule has 0 bridgehead atoms. The summed E-state index contributed by atoms with van der Waals surface area (Å²) in [5, 5.41) is 3.50. The Bertz CT molecular complexity index is 599. The summed E-state index contributed by atoms with van der Waals surface area (Å²) in [5.41, 5.74) is 1.18. The summed E-state index contributed by atoms with van der Waals surface area (Å²) in [6, 6.07) is 4.27. The van der Waals surface area contributed by atoms with E-state index in [-0.39, 0.29) is 30.1 Å². The van der Waals surface area contributed by atoms with Crippen LogP contribution in [0.4, 0.5) is 5.82 Å². The molecule has 2 aliphatic heterocycles. The van der Waals surface area contributed by atoms with E-state index >= 15 is 0 Å². The first-order valence-electron chi connectivity index (χ1n) is 9.82. The van der Waals surface area contributed by atoms with E-state index in [0.717, 1.165) is 51.1 Å². The van der Waals surface area contributed by atoms with Gasteiger partial charge in [0.05, 0.1) is 12.7 Å². The number of piperidine rings is 1. The first-order chi connectivity index (χ1) is 12.5. The smallest absolute Gasteiger partial charge is 0.193 e. The monoisotopic (exact) mass is 487 g/mol. The van der Waals surface area contributed by atoms with Crippen LogP contribution >= 0.6 is 24.0 Å². The number of nitrogens with zero attached hydrogens (tertiary/aromatic N) is 4. The lowest BCUT2D eigenvalue weighted by molar-refractivity contribution is 0.0529. The second kappa shape index (κ2) is 10.5. The lowest BCUT2D eigenvalue weighted by Crippen LogP contribution is -2.48. The van der Waals surface area contributed by atoms with Gasteiger partial charge in [-0.1, -0.05) is 19.9 Å². The molecule has 2 aliphatic rings. The normalized spacial score (nSPS) is 26.5. The van der Waals surface area contributed by atoms with Gasteiger partial charge in [0.1, 0.15) is 5.82 Å². The quantitative estimate of drug-likeness (QED) is 0.404. The molecule has 2 fully saturated rings. The highest BCUT2D eigenvalue weighted by molar-refractivity contribution is 14.0. The number of guanidine groups is 1. The van der Waals surface area contributed by atoms with Crippen LogP contribution in [-0.2, 0) is 11.3 Å². The summed E-state index contributed by atoms with van der Waals surface area (Å²) in [7, 11) is 1.87. The van der Waals surface area contributed by atoms with Gasteiger partial charge in [-0.05, 0) is 36.8 Å². The van der Waals surface area contributed by atoms with E-state index in [2.05, 4.69) is 58.0 Å². The standard InChI is InChI=1S/C20H33N5O.HI/c1-15-9-16(2)13-25(12-15)20(21-4)23-11-18-5-6-19(22-10-18)24-7-8-26-17(3)14-24;/h5-6,10,15-17H,7-9,11-14H2,1-4H3,(H,21,23);1H. The first kappa shape index (κ1) is 22.2. The molecule has 3 heterocycles. The van der Waals surface area contributed by atoms with E-state index in [0.29, 0.717) is 11.8 Å². The van der Waals surface area contributed by atoms with Gasteiger partial charge in [0.2, 0.25) is 0 Å². The molecule has 0 aliphatic carbocycles. The molecule has 0 radical (unpaired) electrons. The fourth-order valence-electron chi connectivity index (χ4n) is 4.08. The summed E-state index contributed by atoms with van der Waals surface area (Å²) in [5.74, 6) is 3.46. The molecule has 2 saturated heterocycles. The van der Waals surface area contributed by atoms with Crippen molar-refractivity contribution < 1.29 is 4.74 Å². The molecule has 1 aromatic rings. The van der Waals surface area contributed by atoms with Gasteiger partial charge in [0.25, 0.3) is 0 Å². The number of aromatic nitrogens is 1. The van der Waals surface area contributed by atoms with Crippen LogP contribution in [0.1, 0.15) is 32.8 Å². The molecule has 7 heteroatoms. The number of hydrogen-bond acceptors (Lipinski definition) is 4. The van der Waals surface area contributed by atoms with Gasteiger partial charge in [-0.15, -0.1) is 24.0 Å². The molecule has 3 rings (SSSR count). The number of morpholine rings is 1.